The molecule has 6 heteroatoms. The van der Waals surface area contributed by atoms with E-state index in [1.54, 1.807) is 26.0 Å². The Kier molecular flexibility index (Phi) is 10.6. The Morgan fingerprint density at radius 3 is 1.83 bits per heavy atom. The molecule has 0 atom stereocenters. The van der Waals surface area contributed by atoms with Gasteiger partial charge in [0.2, 0.25) is 0 Å². The van der Waals surface area contributed by atoms with Crippen LogP contribution in [-0.2, 0) is 23.1 Å². The summed E-state index contributed by atoms with van der Waals surface area (Å²) in [6, 6.07) is 0. The summed E-state index contributed by atoms with van der Waals surface area (Å²) in [6.07, 6.45) is 3.28. The molecule has 18 heavy (non-hydrogen) atoms. The Morgan fingerprint density at radius 1 is 0.944 bits per heavy atom. The van der Waals surface area contributed by atoms with Gasteiger partial charge in [-0.1, -0.05) is 6.08 Å². The van der Waals surface area contributed by atoms with E-state index in [9.17, 15) is 4.57 Å². The van der Waals surface area contributed by atoms with Gasteiger partial charge in [-0.15, -0.1) is 0 Å². The second-order valence-electron chi connectivity index (χ2n) is 3.34. The van der Waals surface area contributed by atoms with E-state index in [1.807, 2.05) is 13.8 Å². The van der Waals surface area contributed by atoms with Crippen LogP contribution in [0.5, 0.6) is 0 Å². The van der Waals surface area contributed by atoms with Crippen molar-refractivity contribution >= 4 is 7.60 Å². The lowest BCUT2D eigenvalue weighted by Gasteiger charge is -2.16. The zero-order valence-corrected chi connectivity index (χ0v) is 12.7. The van der Waals surface area contributed by atoms with Gasteiger partial charge >= 0.3 is 7.60 Å². The fraction of sp³-hybridized carbons (Fsp3) is 0.833. The average molecular weight is 280 g/mol. The predicted octanol–water partition coefficient (Wildman–Crippen LogP) is 3.21. The van der Waals surface area contributed by atoms with Crippen molar-refractivity contribution in [3.63, 3.8) is 0 Å². The van der Waals surface area contributed by atoms with Crippen molar-refractivity contribution < 1.29 is 23.1 Å². The standard InChI is InChI=1S/C12H25O5P/c1-5-14-12(15-6-2)10-9-11-18(13,16-7-3)17-8-4/h9-10,12H,5-8,11H2,1-4H3. The van der Waals surface area contributed by atoms with Crippen LogP contribution in [0.3, 0.4) is 0 Å². The Hall–Kier alpha value is -0.190. The van der Waals surface area contributed by atoms with E-state index in [2.05, 4.69) is 0 Å². The van der Waals surface area contributed by atoms with E-state index in [4.69, 9.17) is 18.5 Å². The van der Waals surface area contributed by atoms with Crippen LogP contribution in [0, 0.1) is 0 Å². The average Bonchev–Trinajstić information content (AvgIpc) is 2.30. The second-order valence-corrected chi connectivity index (χ2v) is 5.44. The molecule has 0 amide bonds. The van der Waals surface area contributed by atoms with Crippen LogP contribution in [0.4, 0.5) is 0 Å². The summed E-state index contributed by atoms with van der Waals surface area (Å²) in [5, 5.41) is 0. The summed E-state index contributed by atoms with van der Waals surface area (Å²) >= 11 is 0. The van der Waals surface area contributed by atoms with Crippen molar-refractivity contribution in [3.8, 4) is 0 Å². The molecule has 0 aliphatic heterocycles. The van der Waals surface area contributed by atoms with Gasteiger partial charge in [-0.05, 0) is 33.8 Å². The number of ether oxygens (including phenoxy) is 2. The van der Waals surface area contributed by atoms with Crippen LogP contribution in [0.15, 0.2) is 12.2 Å². The minimum absolute atomic E-state index is 0.228. The molecule has 0 saturated carbocycles. The van der Waals surface area contributed by atoms with Crippen molar-refractivity contribution in [1.82, 2.24) is 0 Å². The number of allylic oxidation sites excluding steroid dienone is 1. The summed E-state index contributed by atoms with van der Waals surface area (Å²) in [5.74, 6) is 0. The highest BCUT2D eigenvalue weighted by molar-refractivity contribution is 7.54. The van der Waals surface area contributed by atoms with Crippen LogP contribution in [-0.4, -0.2) is 38.9 Å². The smallest absolute Gasteiger partial charge is 0.334 e. The molecule has 108 valence electrons. The summed E-state index contributed by atoms with van der Waals surface area (Å²) < 4.78 is 33.2. The monoisotopic (exact) mass is 280 g/mol. The van der Waals surface area contributed by atoms with Crippen molar-refractivity contribution in [1.29, 1.82) is 0 Å². The molecule has 5 nitrogen and oxygen atoms in total. The lowest BCUT2D eigenvalue weighted by atomic mass is 10.5. The molecule has 0 bridgehead atoms. The van der Waals surface area contributed by atoms with Gasteiger partial charge in [0.05, 0.1) is 19.4 Å². The minimum atomic E-state index is -3.01. The third-order valence-corrected chi connectivity index (χ3v) is 3.90. The van der Waals surface area contributed by atoms with Crippen molar-refractivity contribution in [2.24, 2.45) is 0 Å². The van der Waals surface area contributed by atoms with Crippen molar-refractivity contribution in [2.45, 2.75) is 34.0 Å². The van der Waals surface area contributed by atoms with E-state index >= 15 is 0 Å². The first kappa shape index (κ1) is 17.8. The van der Waals surface area contributed by atoms with Crippen LogP contribution in [0.2, 0.25) is 0 Å². The lowest BCUT2D eigenvalue weighted by Crippen LogP contribution is -2.14. The number of rotatable bonds is 11. The van der Waals surface area contributed by atoms with Gasteiger partial charge in [0.1, 0.15) is 0 Å². The van der Waals surface area contributed by atoms with Crippen molar-refractivity contribution in [2.75, 3.05) is 32.6 Å². The van der Waals surface area contributed by atoms with E-state index in [0.29, 0.717) is 26.4 Å². The predicted molar refractivity (Wildman–Crippen MR) is 71.9 cm³/mol. The molecular formula is C12H25O5P. The molecule has 0 fully saturated rings. The van der Waals surface area contributed by atoms with E-state index in [-0.39, 0.29) is 6.16 Å². The Bertz CT molecular complexity index is 251. The van der Waals surface area contributed by atoms with Gasteiger partial charge in [0.15, 0.2) is 6.29 Å². The molecule has 0 aromatic carbocycles. The van der Waals surface area contributed by atoms with Gasteiger partial charge in [-0.2, -0.15) is 0 Å². The van der Waals surface area contributed by atoms with Gasteiger partial charge in [-0.25, -0.2) is 0 Å². The number of hydrogen-bond acceptors (Lipinski definition) is 5. The quantitative estimate of drug-likeness (QED) is 0.330. The van der Waals surface area contributed by atoms with Crippen LogP contribution >= 0.6 is 7.60 Å². The van der Waals surface area contributed by atoms with E-state index in [1.165, 1.54) is 0 Å². The maximum Gasteiger partial charge on any atom is 0.334 e. The van der Waals surface area contributed by atoms with Gasteiger partial charge < -0.3 is 18.5 Å². The zero-order chi connectivity index (χ0) is 13.9. The summed E-state index contributed by atoms with van der Waals surface area (Å²) in [6.45, 7) is 9.22. The Labute approximate surface area is 110 Å². The molecule has 0 aliphatic carbocycles. The SMILES string of the molecule is CCOC(C=CCP(=O)(OCC)OCC)OCC. The molecule has 0 radical (unpaired) electrons. The summed E-state index contributed by atoms with van der Waals surface area (Å²) in [7, 11) is -3.01. The van der Waals surface area contributed by atoms with Crippen LogP contribution in [0.1, 0.15) is 27.7 Å². The molecular weight excluding hydrogens is 255 g/mol. The number of hydrogen-bond donors (Lipinski definition) is 0. The second kappa shape index (κ2) is 10.7. The largest absolute Gasteiger partial charge is 0.349 e. The van der Waals surface area contributed by atoms with Crippen molar-refractivity contribution in [3.05, 3.63) is 12.2 Å². The van der Waals surface area contributed by atoms with Gasteiger partial charge in [-0.3, -0.25) is 4.57 Å². The molecule has 0 unspecified atom stereocenters. The van der Waals surface area contributed by atoms with Gasteiger partial charge in [0.25, 0.3) is 0 Å². The fourth-order valence-electron chi connectivity index (χ4n) is 1.32. The molecule has 0 saturated heterocycles. The molecule has 0 heterocycles. The first-order valence-electron chi connectivity index (χ1n) is 6.39. The molecule has 0 N–H and O–H groups in total. The van der Waals surface area contributed by atoms with Crippen LogP contribution in [0.25, 0.3) is 0 Å². The maximum atomic E-state index is 12.1. The Morgan fingerprint density at radius 2 is 1.44 bits per heavy atom. The molecule has 0 aromatic heterocycles. The highest BCUT2D eigenvalue weighted by Crippen LogP contribution is 2.47. The van der Waals surface area contributed by atoms with E-state index in [0.717, 1.165) is 0 Å². The first-order valence-corrected chi connectivity index (χ1v) is 8.12. The molecule has 0 spiro atoms. The summed E-state index contributed by atoms with van der Waals surface area (Å²) in [5.41, 5.74) is 0. The highest BCUT2D eigenvalue weighted by Gasteiger charge is 2.21. The molecule has 0 rings (SSSR count). The normalized spacial score (nSPS) is 12.7. The van der Waals surface area contributed by atoms with Crippen LogP contribution < -0.4 is 0 Å². The minimum Gasteiger partial charge on any atom is -0.349 e. The van der Waals surface area contributed by atoms with Gasteiger partial charge in [0, 0.05) is 13.2 Å². The van der Waals surface area contributed by atoms with E-state index < -0.39 is 13.9 Å². The lowest BCUT2D eigenvalue weighted by molar-refractivity contribution is -0.103. The molecule has 0 aliphatic rings. The zero-order valence-electron chi connectivity index (χ0n) is 11.8. The molecule has 0 aromatic rings. The maximum absolute atomic E-state index is 12.1. The first-order chi connectivity index (χ1) is 8.61. The Balaban J connectivity index is 4.33. The summed E-state index contributed by atoms with van der Waals surface area (Å²) in [4.78, 5) is 0. The third kappa shape index (κ3) is 8.01. The highest BCUT2D eigenvalue weighted by atomic mass is 31.2. The topological polar surface area (TPSA) is 54.0 Å². The third-order valence-electron chi connectivity index (χ3n) is 1.94. The fourth-order valence-corrected chi connectivity index (χ4v) is 2.78.